The lowest BCUT2D eigenvalue weighted by molar-refractivity contribution is 0.479. The van der Waals surface area contributed by atoms with E-state index in [0.29, 0.717) is 5.95 Å². The Morgan fingerprint density at radius 3 is 1.49 bits per heavy atom. The van der Waals surface area contributed by atoms with Crippen LogP contribution in [0.4, 0.5) is 0 Å². The number of ether oxygens (including phenoxy) is 2. The van der Waals surface area contributed by atoms with Crippen LogP contribution in [-0.2, 0) is 0 Å². The van der Waals surface area contributed by atoms with Crippen molar-refractivity contribution in [2.24, 2.45) is 0 Å². The molecule has 4 aromatic heterocycles. The fourth-order valence-corrected chi connectivity index (χ4v) is 5.83. The van der Waals surface area contributed by atoms with Crippen molar-refractivity contribution in [2.45, 2.75) is 13.8 Å². The first-order chi connectivity index (χ1) is 23.1. The zero-order valence-electron chi connectivity index (χ0n) is 25.7. The van der Waals surface area contributed by atoms with Crippen molar-refractivity contribution in [3.05, 3.63) is 145 Å². The smallest absolute Gasteiger partial charge is 0.237 e. The molecule has 0 fully saturated rings. The number of fused-ring (bicyclic) bond motifs is 3. The van der Waals surface area contributed by atoms with Crippen LogP contribution in [0.15, 0.2) is 134 Å². The van der Waals surface area contributed by atoms with Crippen LogP contribution in [0.5, 0.6) is 23.0 Å². The van der Waals surface area contributed by atoms with Crippen LogP contribution in [0.25, 0.3) is 50.3 Å². The molecule has 0 atom stereocenters. The lowest BCUT2D eigenvalue weighted by Crippen LogP contribution is -2.01. The van der Waals surface area contributed by atoms with Gasteiger partial charge in [-0.15, -0.1) is 0 Å². The highest BCUT2D eigenvalue weighted by molar-refractivity contribution is 6.10. The molecule has 0 aliphatic heterocycles. The number of hydrogen-bond acceptors (Lipinski definition) is 7. The van der Waals surface area contributed by atoms with Gasteiger partial charge in [0.1, 0.15) is 35.7 Å². The Morgan fingerprint density at radius 2 is 1.02 bits per heavy atom. The Labute approximate surface area is 271 Å². The molecule has 0 spiro atoms. The summed E-state index contributed by atoms with van der Waals surface area (Å²) in [4.78, 5) is 22.1. The number of aryl methyl sites for hydroxylation is 2. The van der Waals surface area contributed by atoms with E-state index in [1.807, 2.05) is 102 Å². The molecule has 0 aliphatic carbocycles. The second kappa shape index (κ2) is 11.8. The van der Waals surface area contributed by atoms with E-state index in [4.69, 9.17) is 9.47 Å². The maximum Gasteiger partial charge on any atom is 0.237 e. The Hall–Kier alpha value is -6.41. The Kier molecular flexibility index (Phi) is 7.07. The SMILES string of the molecule is Cc1cc2c3cc(C)c(Oc4cccc(-c5ccccn5)c4)cc3n(-c3ncncn3)c2cc1Oc1cccc(-c2ccccn2)c1. The summed E-state index contributed by atoms with van der Waals surface area (Å²) >= 11 is 0. The van der Waals surface area contributed by atoms with Crippen molar-refractivity contribution in [3.8, 4) is 51.5 Å². The average molecular weight is 613 g/mol. The van der Waals surface area contributed by atoms with Crippen LogP contribution < -0.4 is 9.47 Å². The van der Waals surface area contributed by atoms with Crippen molar-refractivity contribution in [1.82, 2.24) is 29.5 Å². The molecule has 8 rings (SSSR count). The normalized spacial score (nSPS) is 11.2. The van der Waals surface area contributed by atoms with Gasteiger partial charge in [-0.25, -0.2) is 15.0 Å². The van der Waals surface area contributed by atoms with Gasteiger partial charge in [-0.1, -0.05) is 36.4 Å². The molecular weight excluding hydrogens is 584 g/mol. The summed E-state index contributed by atoms with van der Waals surface area (Å²) < 4.78 is 15.1. The molecule has 8 aromatic rings. The van der Waals surface area contributed by atoms with Gasteiger partial charge in [-0.3, -0.25) is 14.5 Å². The van der Waals surface area contributed by atoms with Crippen molar-refractivity contribution in [1.29, 1.82) is 0 Å². The minimum Gasteiger partial charge on any atom is -0.457 e. The van der Waals surface area contributed by atoms with E-state index in [1.165, 1.54) is 12.7 Å². The molecular formula is C39H28N6O2. The fourth-order valence-electron chi connectivity index (χ4n) is 5.83. The molecule has 0 saturated heterocycles. The lowest BCUT2D eigenvalue weighted by atomic mass is 10.1. The molecule has 4 aromatic carbocycles. The highest BCUT2D eigenvalue weighted by Gasteiger charge is 2.19. The van der Waals surface area contributed by atoms with Gasteiger partial charge < -0.3 is 9.47 Å². The molecule has 0 N–H and O–H groups in total. The number of benzene rings is 4. The van der Waals surface area contributed by atoms with E-state index >= 15 is 0 Å². The summed E-state index contributed by atoms with van der Waals surface area (Å²) in [7, 11) is 0. The van der Waals surface area contributed by atoms with Gasteiger partial charge in [0.2, 0.25) is 5.95 Å². The Bertz CT molecular complexity index is 2230. The van der Waals surface area contributed by atoms with E-state index in [-0.39, 0.29) is 0 Å². The number of pyridine rings is 2. The number of rotatable bonds is 7. The Morgan fingerprint density at radius 1 is 0.511 bits per heavy atom. The molecule has 0 aliphatic rings. The molecule has 47 heavy (non-hydrogen) atoms. The van der Waals surface area contributed by atoms with Crippen LogP contribution in [0, 0.1) is 13.8 Å². The van der Waals surface area contributed by atoms with E-state index in [2.05, 4.69) is 50.9 Å². The molecule has 4 heterocycles. The topological polar surface area (TPSA) is 87.8 Å². The van der Waals surface area contributed by atoms with Gasteiger partial charge in [0.05, 0.1) is 22.4 Å². The summed E-state index contributed by atoms with van der Waals surface area (Å²) in [6, 6.07) is 36.1. The number of hydrogen-bond donors (Lipinski definition) is 0. The summed E-state index contributed by atoms with van der Waals surface area (Å²) in [5, 5.41) is 2.11. The predicted octanol–water partition coefficient (Wildman–Crippen LogP) is 9.29. The maximum absolute atomic E-state index is 6.52. The zero-order chi connectivity index (χ0) is 31.7. The number of nitrogens with zero attached hydrogens (tertiary/aromatic N) is 6. The van der Waals surface area contributed by atoms with Gasteiger partial charge in [-0.05, 0) is 85.6 Å². The van der Waals surface area contributed by atoms with E-state index in [0.717, 1.165) is 78.4 Å². The standard InChI is InChI=1S/C39H28N6O2/c1-25-17-31-32-18-26(2)38(47-30-12-8-10-28(20-30)34-14-4-6-16-42-34)22-36(32)45(39-43-23-40-24-44-39)35(31)21-37(25)46-29-11-7-9-27(19-29)33-13-3-5-15-41-33/h3-24H,1-2H3. The largest absolute Gasteiger partial charge is 0.457 e. The maximum atomic E-state index is 6.52. The zero-order valence-corrected chi connectivity index (χ0v) is 25.7. The van der Waals surface area contributed by atoms with Crippen molar-refractivity contribution >= 4 is 21.8 Å². The monoisotopic (exact) mass is 612 g/mol. The van der Waals surface area contributed by atoms with E-state index < -0.39 is 0 Å². The van der Waals surface area contributed by atoms with Gasteiger partial charge >= 0.3 is 0 Å². The summed E-state index contributed by atoms with van der Waals surface area (Å²) in [5.74, 6) is 3.40. The van der Waals surface area contributed by atoms with Gasteiger partial charge in [0.15, 0.2) is 0 Å². The number of aromatic nitrogens is 6. The van der Waals surface area contributed by atoms with E-state index in [9.17, 15) is 0 Å². The second-order valence-electron chi connectivity index (χ2n) is 11.2. The summed E-state index contributed by atoms with van der Waals surface area (Å²) in [6.45, 7) is 4.12. The van der Waals surface area contributed by atoms with Crippen LogP contribution in [0.3, 0.4) is 0 Å². The van der Waals surface area contributed by atoms with Crippen molar-refractivity contribution in [3.63, 3.8) is 0 Å². The van der Waals surface area contributed by atoms with Crippen molar-refractivity contribution < 1.29 is 9.47 Å². The van der Waals surface area contributed by atoms with Gasteiger partial charge in [-0.2, -0.15) is 0 Å². The third-order valence-electron chi connectivity index (χ3n) is 8.08. The highest BCUT2D eigenvalue weighted by atomic mass is 16.5. The van der Waals surface area contributed by atoms with Gasteiger partial charge in [0, 0.05) is 46.4 Å². The first kappa shape index (κ1) is 28.1. The minimum atomic E-state index is 0.499. The quantitative estimate of drug-likeness (QED) is 0.177. The van der Waals surface area contributed by atoms with Crippen LogP contribution in [-0.4, -0.2) is 29.5 Å². The Balaban J connectivity index is 1.23. The lowest BCUT2D eigenvalue weighted by Gasteiger charge is -2.12. The molecule has 226 valence electrons. The third-order valence-corrected chi connectivity index (χ3v) is 8.08. The molecule has 8 nitrogen and oxygen atoms in total. The third kappa shape index (κ3) is 5.42. The summed E-state index contributed by atoms with van der Waals surface area (Å²) in [5.41, 5.74) is 7.54. The second-order valence-corrected chi connectivity index (χ2v) is 11.2. The fraction of sp³-hybridized carbons (Fsp3) is 0.0513. The average Bonchev–Trinajstić information content (AvgIpc) is 3.41. The molecule has 8 heteroatoms. The van der Waals surface area contributed by atoms with Gasteiger partial charge in [0.25, 0.3) is 0 Å². The van der Waals surface area contributed by atoms with Crippen LogP contribution >= 0.6 is 0 Å². The first-order valence-electron chi connectivity index (χ1n) is 15.2. The molecule has 0 amide bonds. The molecule has 0 unspecified atom stereocenters. The minimum absolute atomic E-state index is 0.499. The first-order valence-corrected chi connectivity index (χ1v) is 15.2. The van der Waals surface area contributed by atoms with Crippen molar-refractivity contribution in [2.75, 3.05) is 0 Å². The summed E-state index contributed by atoms with van der Waals surface area (Å²) in [6.07, 6.45) is 6.59. The van der Waals surface area contributed by atoms with E-state index in [1.54, 1.807) is 12.4 Å². The molecule has 0 radical (unpaired) electrons. The highest BCUT2D eigenvalue weighted by Crippen LogP contribution is 2.40. The predicted molar refractivity (Wildman–Crippen MR) is 183 cm³/mol. The van der Waals surface area contributed by atoms with Crippen LogP contribution in [0.1, 0.15) is 11.1 Å². The molecule has 0 bridgehead atoms. The van der Waals surface area contributed by atoms with Crippen LogP contribution in [0.2, 0.25) is 0 Å². The molecule has 0 saturated carbocycles.